The molecule has 2 aliphatic rings. The van der Waals surface area contributed by atoms with E-state index in [0.717, 1.165) is 55.2 Å². The third kappa shape index (κ3) is 8.00. The molecule has 0 aromatic heterocycles. The van der Waals surface area contributed by atoms with E-state index in [9.17, 15) is 28.2 Å². The van der Waals surface area contributed by atoms with Gasteiger partial charge in [-0.3, -0.25) is 19.6 Å². The second-order valence-electron chi connectivity index (χ2n) is 9.44. The first-order valence-corrected chi connectivity index (χ1v) is 15.0. The van der Waals surface area contributed by atoms with Crippen LogP contribution < -0.4 is 25.0 Å². The number of phenolic OH excluding ortho intramolecular Hbond substituents is 1. The molecule has 38 heavy (non-hydrogen) atoms. The van der Waals surface area contributed by atoms with Gasteiger partial charge in [0.2, 0.25) is 15.9 Å². The lowest BCUT2D eigenvalue weighted by molar-refractivity contribution is -0.118. The van der Waals surface area contributed by atoms with Gasteiger partial charge in [-0.05, 0) is 49.1 Å². The molecule has 206 valence electrons. The number of imide groups is 1. The van der Waals surface area contributed by atoms with Crippen LogP contribution in [0.4, 0.5) is 16.2 Å². The number of aliphatic hydroxyl groups is 1. The number of rotatable bonds is 11. The summed E-state index contributed by atoms with van der Waals surface area (Å²) in [5.41, 5.74) is 2.13. The molecular formula is C25H32N4O7S2. The first-order chi connectivity index (χ1) is 18.1. The van der Waals surface area contributed by atoms with E-state index in [0.29, 0.717) is 18.7 Å². The van der Waals surface area contributed by atoms with Crippen LogP contribution in [0, 0.1) is 0 Å². The first kappa shape index (κ1) is 28.0. The maximum absolute atomic E-state index is 11.8. The lowest BCUT2D eigenvalue weighted by atomic mass is 10.0. The average molecular weight is 565 g/mol. The third-order valence-corrected chi connectivity index (χ3v) is 7.90. The quantitative estimate of drug-likeness (QED) is 0.254. The molecule has 2 aromatic carbocycles. The van der Waals surface area contributed by atoms with Gasteiger partial charge in [0, 0.05) is 37.4 Å². The number of carbonyl (C=O) groups excluding carboxylic acids is 2. The molecule has 0 aliphatic carbocycles. The smallest absolute Gasteiger partial charge is 0.286 e. The van der Waals surface area contributed by atoms with Gasteiger partial charge in [0.05, 0.1) is 17.2 Å². The summed E-state index contributed by atoms with van der Waals surface area (Å²) in [7, 11) is -3.55. The van der Waals surface area contributed by atoms with Gasteiger partial charge in [-0.15, -0.1) is 0 Å². The minimum Gasteiger partial charge on any atom is -0.506 e. The highest BCUT2D eigenvalue weighted by atomic mass is 32.2. The third-order valence-electron chi connectivity index (χ3n) is 6.33. The van der Waals surface area contributed by atoms with Gasteiger partial charge in [0.15, 0.2) is 0 Å². The number of thioether (sulfide) groups is 1. The van der Waals surface area contributed by atoms with Gasteiger partial charge in [0.1, 0.15) is 24.2 Å². The zero-order chi connectivity index (χ0) is 27.3. The minimum absolute atomic E-state index is 0.00993. The summed E-state index contributed by atoms with van der Waals surface area (Å²) in [6.07, 6.45) is 2.56. The van der Waals surface area contributed by atoms with Crippen molar-refractivity contribution in [1.82, 2.24) is 10.6 Å². The number of carbonyl (C=O) groups is 2. The van der Waals surface area contributed by atoms with Gasteiger partial charge in [-0.1, -0.05) is 23.9 Å². The second kappa shape index (κ2) is 12.2. The molecule has 2 saturated heterocycles. The standard InChI is InChI=1S/C25H32N4O7S2/c1-38(34,35)28-21-13-20(6-7-22(21)31)36-15-19(30)14-26-17-8-10-29(11-9-17)18-4-2-16(3-5-18)12-23-24(32)27-25(33)37-23/h2-7,13,17,19,23,26,28,30-31H,8-12,14-15H2,1H3,(H,27,32,33)/t19-,23?/m1/s1. The molecule has 2 aliphatic heterocycles. The summed E-state index contributed by atoms with van der Waals surface area (Å²) in [6, 6.07) is 12.5. The number of nitrogens with zero attached hydrogens (tertiary/aromatic N) is 1. The number of benzene rings is 2. The monoisotopic (exact) mass is 564 g/mol. The molecule has 2 fully saturated rings. The molecule has 0 bridgehead atoms. The van der Waals surface area contributed by atoms with Crippen molar-refractivity contribution in [3.05, 3.63) is 48.0 Å². The molecule has 2 amide bonds. The molecule has 0 spiro atoms. The van der Waals surface area contributed by atoms with Crippen molar-refractivity contribution in [2.75, 3.05) is 42.1 Å². The molecule has 13 heteroatoms. The lowest BCUT2D eigenvalue weighted by Gasteiger charge is -2.34. The highest BCUT2D eigenvalue weighted by Crippen LogP contribution is 2.29. The topological polar surface area (TPSA) is 157 Å². The van der Waals surface area contributed by atoms with Crippen LogP contribution in [-0.2, 0) is 21.2 Å². The summed E-state index contributed by atoms with van der Waals surface area (Å²) in [4.78, 5) is 25.4. The number of sulfonamides is 1. The van der Waals surface area contributed by atoms with Crippen molar-refractivity contribution in [3.8, 4) is 11.5 Å². The molecule has 0 saturated carbocycles. The van der Waals surface area contributed by atoms with Crippen LogP contribution in [0.5, 0.6) is 11.5 Å². The Morgan fingerprint density at radius 1 is 1.16 bits per heavy atom. The van der Waals surface area contributed by atoms with Crippen LogP contribution in [0.3, 0.4) is 0 Å². The van der Waals surface area contributed by atoms with Crippen molar-refractivity contribution in [2.24, 2.45) is 0 Å². The number of hydrogen-bond donors (Lipinski definition) is 5. The van der Waals surface area contributed by atoms with E-state index in [-0.39, 0.29) is 40.5 Å². The van der Waals surface area contributed by atoms with E-state index in [4.69, 9.17) is 4.74 Å². The van der Waals surface area contributed by atoms with Crippen LogP contribution in [0.2, 0.25) is 0 Å². The first-order valence-electron chi connectivity index (χ1n) is 12.3. The predicted octanol–water partition coefficient (Wildman–Crippen LogP) is 1.66. The van der Waals surface area contributed by atoms with E-state index in [1.165, 1.54) is 18.2 Å². The van der Waals surface area contributed by atoms with Crippen LogP contribution in [0.15, 0.2) is 42.5 Å². The number of ether oxygens (including phenoxy) is 1. The van der Waals surface area contributed by atoms with Crippen molar-refractivity contribution in [2.45, 2.75) is 36.7 Å². The van der Waals surface area contributed by atoms with E-state index < -0.39 is 16.1 Å². The Morgan fingerprint density at radius 2 is 1.87 bits per heavy atom. The van der Waals surface area contributed by atoms with E-state index in [1.807, 2.05) is 24.3 Å². The average Bonchev–Trinajstić information content (AvgIpc) is 3.19. The Morgan fingerprint density at radius 3 is 2.50 bits per heavy atom. The summed E-state index contributed by atoms with van der Waals surface area (Å²) in [6.45, 7) is 2.09. The number of phenols is 1. The normalized spacial score (nSPS) is 19.3. The van der Waals surface area contributed by atoms with Gasteiger partial charge >= 0.3 is 0 Å². The molecule has 11 nitrogen and oxygen atoms in total. The Balaban J connectivity index is 1.17. The zero-order valence-electron chi connectivity index (χ0n) is 20.9. The Bertz CT molecular complexity index is 1250. The van der Waals surface area contributed by atoms with E-state index >= 15 is 0 Å². The highest BCUT2D eigenvalue weighted by Gasteiger charge is 2.31. The summed E-state index contributed by atoms with van der Waals surface area (Å²) >= 11 is 1.04. The van der Waals surface area contributed by atoms with Crippen molar-refractivity contribution < 1.29 is 33.0 Å². The molecule has 2 heterocycles. The molecule has 5 N–H and O–H groups in total. The van der Waals surface area contributed by atoms with Crippen LogP contribution in [0.1, 0.15) is 18.4 Å². The molecule has 2 atom stereocenters. The van der Waals surface area contributed by atoms with Crippen molar-refractivity contribution in [1.29, 1.82) is 0 Å². The predicted molar refractivity (Wildman–Crippen MR) is 146 cm³/mol. The SMILES string of the molecule is CS(=O)(=O)Nc1cc(OC[C@H](O)CNC2CCN(c3ccc(CC4SC(=O)NC4=O)cc3)CC2)ccc1O. The Labute approximate surface area is 226 Å². The van der Waals surface area contributed by atoms with Gasteiger partial charge < -0.3 is 25.2 Å². The summed E-state index contributed by atoms with van der Waals surface area (Å²) in [5, 5.41) is 25.2. The van der Waals surface area contributed by atoms with E-state index in [1.54, 1.807) is 0 Å². The number of nitrogens with one attached hydrogen (secondary N) is 3. The summed E-state index contributed by atoms with van der Waals surface area (Å²) in [5.74, 6) is -0.125. The molecular weight excluding hydrogens is 532 g/mol. The number of hydrogen-bond acceptors (Lipinski definition) is 10. The fourth-order valence-electron chi connectivity index (χ4n) is 4.37. The molecule has 0 radical (unpaired) electrons. The molecule has 2 aromatic rings. The van der Waals surface area contributed by atoms with Gasteiger partial charge in [0.25, 0.3) is 5.24 Å². The van der Waals surface area contributed by atoms with E-state index in [2.05, 4.69) is 20.3 Å². The number of anilines is 2. The fraction of sp³-hybridized carbons (Fsp3) is 0.440. The zero-order valence-corrected chi connectivity index (χ0v) is 22.6. The van der Waals surface area contributed by atoms with Crippen LogP contribution in [-0.4, -0.2) is 79.7 Å². The van der Waals surface area contributed by atoms with Gasteiger partial charge in [-0.2, -0.15) is 0 Å². The second-order valence-corrected chi connectivity index (χ2v) is 12.4. The Hall–Kier alpha value is -3.00. The van der Waals surface area contributed by atoms with Crippen molar-refractivity contribution >= 4 is 44.3 Å². The number of amides is 2. The number of piperidine rings is 1. The number of aromatic hydroxyl groups is 1. The van der Waals surface area contributed by atoms with Crippen molar-refractivity contribution in [3.63, 3.8) is 0 Å². The maximum Gasteiger partial charge on any atom is 0.286 e. The molecule has 1 unspecified atom stereocenters. The number of aliphatic hydroxyl groups excluding tert-OH is 1. The molecule has 4 rings (SSSR count). The Kier molecular flexibility index (Phi) is 9.03. The fourth-order valence-corrected chi connectivity index (χ4v) is 5.79. The van der Waals surface area contributed by atoms with Crippen LogP contribution in [0.25, 0.3) is 0 Å². The summed E-state index contributed by atoms with van der Waals surface area (Å²) < 4.78 is 30.6. The minimum atomic E-state index is -3.55. The lowest BCUT2D eigenvalue weighted by Crippen LogP contribution is -2.45. The maximum atomic E-state index is 11.8. The van der Waals surface area contributed by atoms with Crippen LogP contribution >= 0.6 is 11.8 Å². The largest absolute Gasteiger partial charge is 0.506 e. The highest BCUT2D eigenvalue weighted by molar-refractivity contribution is 8.15. The van der Waals surface area contributed by atoms with Gasteiger partial charge in [-0.25, -0.2) is 8.42 Å².